The Balaban J connectivity index is 0.00000260. The molecule has 0 atom stereocenters. The van der Waals surface area contributed by atoms with Crippen molar-refractivity contribution >= 4 is 46.9 Å². The molecular formula is C27H24ClF3N2O6. The second-order valence-corrected chi connectivity index (χ2v) is 7.80. The zero-order valence-electron chi connectivity index (χ0n) is 21.0. The molecule has 3 N–H and O–H groups in total. The molecule has 2 aromatic carbocycles. The number of carbonyl (C=O) groups excluding carboxylic acids is 2. The van der Waals surface area contributed by atoms with Crippen molar-refractivity contribution < 1.29 is 41.8 Å². The fraction of sp³-hybridized carbons (Fsp3) is 0.185. The Kier molecular flexibility index (Phi) is 10.6. The molecule has 0 bridgehead atoms. The summed E-state index contributed by atoms with van der Waals surface area (Å²) in [6.45, 7) is 5.70. The van der Waals surface area contributed by atoms with Gasteiger partial charge in [0.15, 0.2) is 0 Å². The van der Waals surface area contributed by atoms with E-state index < -0.39 is 35.3 Å². The normalized spacial score (nSPS) is 11.2. The van der Waals surface area contributed by atoms with E-state index in [1.807, 2.05) is 13.8 Å². The maximum Gasteiger partial charge on any atom is 0.433 e. The van der Waals surface area contributed by atoms with Crippen LogP contribution >= 0.6 is 11.6 Å². The molecule has 3 aromatic rings. The van der Waals surface area contributed by atoms with Gasteiger partial charge in [-0.15, -0.1) is 0 Å². The largest absolute Gasteiger partial charge is 0.478 e. The van der Waals surface area contributed by atoms with E-state index in [2.05, 4.69) is 5.32 Å². The van der Waals surface area contributed by atoms with Gasteiger partial charge in [-0.1, -0.05) is 31.5 Å². The van der Waals surface area contributed by atoms with Crippen LogP contribution in [0.4, 0.5) is 18.9 Å². The summed E-state index contributed by atoms with van der Waals surface area (Å²) in [6, 6.07) is 12.0. The van der Waals surface area contributed by atoms with Gasteiger partial charge in [0, 0.05) is 11.3 Å². The number of hydrogen-bond donors (Lipinski definition) is 3. The van der Waals surface area contributed by atoms with Crippen LogP contribution in [0, 0.1) is 5.41 Å². The highest BCUT2D eigenvalue weighted by Crippen LogP contribution is 2.29. The maximum absolute atomic E-state index is 13.4. The van der Waals surface area contributed by atoms with Gasteiger partial charge in [0.05, 0.1) is 28.3 Å². The first-order chi connectivity index (χ1) is 18.4. The molecule has 0 spiro atoms. The Labute approximate surface area is 226 Å². The van der Waals surface area contributed by atoms with E-state index in [1.165, 1.54) is 54.6 Å². The number of esters is 1. The summed E-state index contributed by atoms with van der Waals surface area (Å²) in [7, 11) is 0. The van der Waals surface area contributed by atoms with Crippen LogP contribution in [0.3, 0.4) is 0 Å². The van der Waals surface area contributed by atoms with Gasteiger partial charge in [-0.3, -0.25) is 10.2 Å². The number of furan rings is 1. The number of carbonyl (C=O) groups is 3. The quantitative estimate of drug-likeness (QED) is 0.152. The fourth-order valence-corrected chi connectivity index (χ4v) is 3.31. The molecule has 3 rings (SSSR count). The van der Waals surface area contributed by atoms with Crippen LogP contribution < -0.4 is 5.32 Å². The Morgan fingerprint density at radius 1 is 1.10 bits per heavy atom. The van der Waals surface area contributed by atoms with Crippen molar-refractivity contribution in [2.45, 2.75) is 26.9 Å². The second kappa shape index (κ2) is 13.4. The van der Waals surface area contributed by atoms with Crippen molar-refractivity contribution in [1.82, 2.24) is 0 Å². The smallest absolute Gasteiger partial charge is 0.433 e. The molecule has 0 aliphatic heterocycles. The Morgan fingerprint density at radius 2 is 1.79 bits per heavy atom. The van der Waals surface area contributed by atoms with Crippen LogP contribution in [0.1, 0.15) is 47.2 Å². The summed E-state index contributed by atoms with van der Waals surface area (Å²) in [5, 5.41) is 19.0. The first kappa shape index (κ1) is 30.8. The van der Waals surface area contributed by atoms with E-state index in [0.717, 1.165) is 6.08 Å². The summed E-state index contributed by atoms with van der Waals surface area (Å²) in [5.41, 5.74) is -2.86. The molecule has 0 fully saturated rings. The minimum atomic E-state index is -5.15. The van der Waals surface area contributed by atoms with Gasteiger partial charge in [-0.2, -0.15) is 13.2 Å². The van der Waals surface area contributed by atoms with E-state index in [9.17, 15) is 32.7 Å². The highest BCUT2D eigenvalue weighted by atomic mass is 35.5. The zero-order chi connectivity index (χ0) is 29.3. The molecule has 0 saturated heterocycles. The molecule has 1 heterocycles. The second-order valence-electron chi connectivity index (χ2n) is 7.39. The number of nitrogens with one attached hydrogen (secondary N) is 2. The third-order valence-corrected chi connectivity index (χ3v) is 5.15. The number of carboxylic acids is 1. The number of aromatic carboxylic acids is 1. The van der Waals surface area contributed by atoms with Gasteiger partial charge in [0.1, 0.15) is 17.2 Å². The van der Waals surface area contributed by atoms with E-state index in [1.54, 1.807) is 6.92 Å². The van der Waals surface area contributed by atoms with Crippen LogP contribution in [0.15, 0.2) is 64.6 Å². The highest BCUT2D eigenvalue weighted by Gasteiger charge is 2.39. The van der Waals surface area contributed by atoms with Gasteiger partial charge in [-0.05, 0) is 61.5 Å². The SMILES string of the molecule is CC.CCOC(=O)c1cccc(NC(=O)/C(=C\c2ccc(-c3ccc(Cl)c(C(=O)O)c3)o2)C(=N)C(F)(F)F)c1. The average molecular weight is 565 g/mol. The van der Waals surface area contributed by atoms with Gasteiger partial charge in [-0.25, -0.2) is 9.59 Å². The van der Waals surface area contributed by atoms with Crippen molar-refractivity contribution in [3.8, 4) is 11.3 Å². The van der Waals surface area contributed by atoms with Crippen molar-refractivity contribution in [2.24, 2.45) is 0 Å². The number of rotatable bonds is 8. The number of carboxylic acid groups (broad SMARTS) is 1. The maximum atomic E-state index is 13.4. The Hall–Kier alpha value is -4.38. The van der Waals surface area contributed by atoms with Crippen molar-refractivity contribution in [3.05, 3.63) is 82.1 Å². The molecule has 1 aromatic heterocycles. The number of alkyl halides is 3. The van der Waals surface area contributed by atoms with E-state index in [0.29, 0.717) is 0 Å². The first-order valence-electron chi connectivity index (χ1n) is 11.5. The minimum Gasteiger partial charge on any atom is -0.478 e. The first-order valence-corrected chi connectivity index (χ1v) is 11.9. The van der Waals surface area contributed by atoms with Crippen LogP contribution in [-0.2, 0) is 9.53 Å². The molecule has 0 aliphatic carbocycles. The summed E-state index contributed by atoms with van der Waals surface area (Å²) in [4.78, 5) is 36.0. The molecule has 0 radical (unpaired) electrons. The van der Waals surface area contributed by atoms with Gasteiger partial charge < -0.3 is 19.6 Å². The molecular weight excluding hydrogens is 541 g/mol. The molecule has 206 valence electrons. The van der Waals surface area contributed by atoms with Gasteiger partial charge >= 0.3 is 18.1 Å². The predicted molar refractivity (Wildman–Crippen MR) is 140 cm³/mol. The van der Waals surface area contributed by atoms with Crippen LogP contribution in [0.2, 0.25) is 5.02 Å². The third kappa shape index (κ3) is 8.05. The van der Waals surface area contributed by atoms with Gasteiger partial charge in [0.2, 0.25) is 0 Å². The molecule has 1 amide bonds. The van der Waals surface area contributed by atoms with Crippen molar-refractivity contribution in [1.29, 1.82) is 5.41 Å². The van der Waals surface area contributed by atoms with Crippen LogP contribution in [0.5, 0.6) is 0 Å². The van der Waals surface area contributed by atoms with E-state index >= 15 is 0 Å². The molecule has 0 unspecified atom stereocenters. The van der Waals surface area contributed by atoms with Gasteiger partial charge in [0.25, 0.3) is 5.91 Å². The predicted octanol–water partition coefficient (Wildman–Crippen LogP) is 7.11. The monoisotopic (exact) mass is 564 g/mol. The Bertz CT molecular complexity index is 1410. The number of ether oxygens (including phenoxy) is 1. The average Bonchev–Trinajstić information content (AvgIpc) is 3.36. The summed E-state index contributed by atoms with van der Waals surface area (Å²) in [6.07, 6.45) is -4.42. The lowest BCUT2D eigenvalue weighted by Crippen LogP contribution is -2.30. The van der Waals surface area contributed by atoms with Crippen molar-refractivity contribution in [3.63, 3.8) is 0 Å². The summed E-state index contributed by atoms with van der Waals surface area (Å²) >= 11 is 5.85. The standard InChI is InChI=1S/C25H18ClF3N2O6.C2H6/c1-2-36-24(35)14-4-3-5-15(10-14)31-22(32)18(21(30)25(27,28)29)12-16-7-9-20(37-16)13-6-8-19(26)17(11-13)23(33)34;1-2/h3-12,30H,2H2,1H3,(H,31,32)(H,33,34);1-2H3/b18-12-,30-21?;. The number of hydrogen-bond acceptors (Lipinski definition) is 6. The lowest BCUT2D eigenvalue weighted by Gasteiger charge is -2.13. The molecule has 8 nitrogen and oxygen atoms in total. The highest BCUT2D eigenvalue weighted by molar-refractivity contribution is 6.33. The van der Waals surface area contributed by atoms with E-state index in [4.69, 9.17) is 26.2 Å². The fourth-order valence-electron chi connectivity index (χ4n) is 3.11. The lowest BCUT2D eigenvalue weighted by molar-refractivity contribution is -0.113. The summed E-state index contributed by atoms with van der Waals surface area (Å²) < 4.78 is 50.5. The molecule has 0 aliphatic rings. The zero-order valence-corrected chi connectivity index (χ0v) is 21.7. The van der Waals surface area contributed by atoms with Crippen molar-refractivity contribution in [2.75, 3.05) is 11.9 Å². The number of amides is 1. The van der Waals surface area contributed by atoms with E-state index in [-0.39, 0.29) is 45.5 Å². The number of benzene rings is 2. The molecule has 0 saturated carbocycles. The summed E-state index contributed by atoms with van der Waals surface area (Å²) in [5.74, 6) is -3.37. The molecule has 39 heavy (non-hydrogen) atoms. The third-order valence-electron chi connectivity index (χ3n) is 4.82. The van der Waals surface area contributed by atoms with Crippen LogP contribution in [0.25, 0.3) is 17.4 Å². The number of halogens is 4. The topological polar surface area (TPSA) is 130 Å². The number of anilines is 1. The molecule has 12 heteroatoms. The van der Waals surface area contributed by atoms with Crippen LogP contribution in [-0.4, -0.2) is 41.4 Å². The lowest BCUT2D eigenvalue weighted by atomic mass is 10.1. The minimum absolute atomic E-state index is 0.000995. The Morgan fingerprint density at radius 3 is 2.41 bits per heavy atom.